The summed E-state index contributed by atoms with van der Waals surface area (Å²) >= 11 is 0. The smallest absolute Gasteiger partial charge is 0.119 e. The van der Waals surface area contributed by atoms with Gasteiger partial charge in [0.1, 0.15) is 5.75 Å². The fraction of sp³-hybridized carbons (Fsp3) is 0.538. The second-order valence-corrected chi connectivity index (χ2v) is 4.41. The van der Waals surface area contributed by atoms with E-state index in [9.17, 15) is 5.11 Å². The van der Waals surface area contributed by atoms with E-state index in [0.29, 0.717) is 24.1 Å². The standard InChI is InChI=1S/C13H21NO/c1-9-4-5-13(15)12(8-9)11(3)10(2)6-7-14/h4-5,8,10-11,15H,6-7,14H2,1-3H3. The summed E-state index contributed by atoms with van der Waals surface area (Å²) in [5, 5.41) is 9.79. The van der Waals surface area contributed by atoms with Gasteiger partial charge in [0, 0.05) is 0 Å². The summed E-state index contributed by atoms with van der Waals surface area (Å²) in [4.78, 5) is 0. The van der Waals surface area contributed by atoms with Crippen LogP contribution < -0.4 is 5.73 Å². The third-order valence-corrected chi connectivity index (χ3v) is 3.15. The van der Waals surface area contributed by atoms with Gasteiger partial charge in [0.25, 0.3) is 0 Å². The molecular formula is C13H21NO. The van der Waals surface area contributed by atoms with E-state index in [1.54, 1.807) is 6.07 Å². The minimum Gasteiger partial charge on any atom is -0.508 e. The average molecular weight is 207 g/mol. The van der Waals surface area contributed by atoms with E-state index >= 15 is 0 Å². The van der Waals surface area contributed by atoms with Crippen LogP contribution in [0, 0.1) is 12.8 Å². The molecule has 0 spiro atoms. The van der Waals surface area contributed by atoms with Crippen molar-refractivity contribution in [3.05, 3.63) is 29.3 Å². The highest BCUT2D eigenvalue weighted by atomic mass is 16.3. The molecule has 2 heteroatoms. The van der Waals surface area contributed by atoms with Crippen LogP contribution in [0.5, 0.6) is 5.75 Å². The Labute approximate surface area is 92.1 Å². The maximum absolute atomic E-state index is 9.79. The van der Waals surface area contributed by atoms with E-state index in [2.05, 4.69) is 19.9 Å². The highest BCUT2D eigenvalue weighted by molar-refractivity contribution is 5.38. The zero-order chi connectivity index (χ0) is 11.4. The number of nitrogens with two attached hydrogens (primary N) is 1. The molecule has 0 saturated carbocycles. The summed E-state index contributed by atoms with van der Waals surface area (Å²) in [6.45, 7) is 7.08. The molecule has 0 aromatic heterocycles. The van der Waals surface area contributed by atoms with Crippen LogP contribution in [0.2, 0.25) is 0 Å². The number of aromatic hydroxyl groups is 1. The van der Waals surface area contributed by atoms with Gasteiger partial charge in [-0.05, 0) is 43.4 Å². The van der Waals surface area contributed by atoms with Gasteiger partial charge in [-0.25, -0.2) is 0 Å². The molecule has 84 valence electrons. The van der Waals surface area contributed by atoms with Crippen LogP contribution in [-0.4, -0.2) is 11.7 Å². The maximum atomic E-state index is 9.79. The number of aryl methyl sites for hydroxylation is 1. The Kier molecular flexibility index (Phi) is 4.15. The number of phenolic OH excluding ortho intramolecular Hbond substituents is 1. The molecule has 2 atom stereocenters. The van der Waals surface area contributed by atoms with Crippen molar-refractivity contribution in [2.24, 2.45) is 11.7 Å². The van der Waals surface area contributed by atoms with Crippen molar-refractivity contribution < 1.29 is 5.11 Å². The molecular weight excluding hydrogens is 186 g/mol. The van der Waals surface area contributed by atoms with Crippen molar-refractivity contribution in [2.75, 3.05) is 6.54 Å². The molecule has 0 aliphatic carbocycles. The number of phenols is 1. The minimum absolute atomic E-state index is 0.355. The first-order valence-electron chi connectivity index (χ1n) is 5.55. The van der Waals surface area contributed by atoms with Gasteiger partial charge in [0.15, 0.2) is 0 Å². The predicted octanol–water partition coefficient (Wildman–Crippen LogP) is 2.79. The lowest BCUT2D eigenvalue weighted by Gasteiger charge is -2.21. The summed E-state index contributed by atoms with van der Waals surface area (Å²) in [6, 6.07) is 5.77. The summed E-state index contributed by atoms with van der Waals surface area (Å²) in [7, 11) is 0. The molecule has 2 nitrogen and oxygen atoms in total. The zero-order valence-corrected chi connectivity index (χ0v) is 9.83. The van der Waals surface area contributed by atoms with Crippen LogP contribution in [0.15, 0.2) is 18.2 Å². The van der Waals surface area contributed by atoms with E-state index in [0.717, 1.165) is 12.0 Å². The molecule has 1 aromatic rings. The van der Waals surface area contributed by atoms with Gasteiger partial charge in [-0.15, -0.1) is 0 Å². The molecule has 0 saturated heterocycles. The maximum Gasteiger partial charge on any atom is 0.119 e. The van der Waals surface area contributed by atoms with Crippen LogP contribution >= 0.6 is 0 Å². The number of rotatable bonds is 4. The van der Waals surface area contributed by atoms with Gasteiger partial charge in [0.2, 0.25) is 0 Å². The van der Waals surface area contributed by atoms with Crippen molar-refractivity contribution in [2.45, 2.75) is 33.1 Å². The van der Waals surface area contributed by atoms with E-state index in [-0.39, 0.29) is 0 Å². The molecule has 2 unspecified atom stereocenters. The van der Waals surface area contributed by atoms with Crippen molar-refractivity contribution >= 4 is 0 Å². The van der Waals surface area contributed by atoms with Crippen molar-refractivity contribution in [3.8, 4) is 5.75 Å². The molecule has 0 radical (unpaired) electrons. The van der Waals surface area contributed by atoms with Crippen LogP contribution in [0.25, 0.3) is 0 Å². The molecule has 1 aromatic carbocycles. The summed E-state index contributed by atoms with van der Waals surface area (Å²) in [6.07, 6.45) is 0.995. The minimum atomic E-state index is 0.355. The fourth-order valence-electron chi connectivity index (χ4n) is 1.86. The molecule has 0 aliphatic heterocycles. The number of hydrogen-bond acceptors (Lipinski definition) is 2. The molecule has 0 aliphatic rings. The lowest BCUT2D eigenvalue weighted by atomic mass is 9.86. The van der Waals surface area contributed by atoms with Gasteiger partial charge in [-0.3, -0.25) is 0 Å². The van der Waals surface area contributed by atoms with Crippen molar-refractivity contribution in [3.63, 3.8) is 0 Å². The second kappa shape index (κ2) is 5.17. The molecule has 0 fully saturated rings. The first-order valence-corrected chi connectivity index (χ1v) is 5.55. The Morgan fingerprint density at radius 3 is 2.60 bits per heavy atom. The lowest BCUT2D eigenvalue weighted by Crippen LogP contribution is -2.12. The molecule has 15 heavy (non-hydrogen) atoms. The third-order valence-electron chi connectivity index (χ3n) is 3.15. The van der Waals surface area contributed by atoms with E-state index in [1.807, 2.05) is 13.0 Å². The molecule has 0 heterocycles. The van der Waals surface area contributed by atoms with Gasteiger partial charge < -0.3 is 10.8 Å². The summed E-state index contributed by atoms with van der Waals surface area (Å²) < 4.78 is 0. The van der Waals surface area contributed by atoms with Gasteiger partial charge in [-0.1, -0.05) is 31.5 Å². The van der Waals surface area contributed by atoms with E-state index in [4.69, 9.17) is 5.73 Å². The molecule has 3 N–H and O–H groups in total. The van der Waals surface area contributed by atoms with Crippen LogP contribution in [0.3, 0.4) is 0 Å². The Morgan fingerprint density at radius 1 is 1.33 bits per heavy atom. The molecule has 1 rings (SSSR count). The SMILES string of the molecule is Cc1ccc(O)c(C(C)C(C)CCN)c1. The summed E-state index contributed by atoms with van der Waals surface area (Å²) in [5.41, 5.74) is 7.78. The third kappa shape index (κ3) is 2.96. The first-order chi connectivity index (χ1) is 7.06. The Morgan fingerprint density at radius 2 is 2.00 bits per heavy atom. The monoisotopic (exact) mass is 207 g/mol. The predicted molar refractivity (Wildman–Crippen MR) is 64.1 cm³/mol. The van der Waals surface area contributed by atoms with E-state index < -0.39 is 0 Å². The Balaban J connectivity index is 2.89. The highest BCUT2D eigenvalue weighted by Gasteiger charge is 2.16. The van der Waals surface area contributed by atoms with Crippen molar-refractivity contribution in [1.29, 1.82) is 0 Å². The fourth-order valence-corrected chi connectivity index (χ4v) is 1.86. The lowest BCUT2D eigenvalue weighted by molar-refractivity contribution is 0.422. The van der Waals surface area contributed by atoms with Crippen LogP contribution in [0.1, 0.15) is 37.3 Å². The van der Waals surface area contributed by atoms with Gasteiger partial charge >= 0.3 is 0 Å². The summed E-state index contributed by atoms with van der Waals surface area (Å²) in [5.74, 6) is 1.26. The van der Waals surface area contributed by atoms with Crippen molar-refractivity contribution in [1.82, 2.24) is 0 Å². The topological polar surface area (TPSA) is 46.2 Å². The zero-order valence-electron chi connectivity index (χ0n) is 9.83. The van der Waals surface area contributed by atoms with E-state index in [1.165, 1.54) is 5.56 Å². The molecule has 0 bridgehead atoms. The first kappa shape index (κ1) is 12.1. The largest absolute Gasteiger partial charge is 0.508 e. The Bertz CT molecular complexity index is 322. The van der Waals surface area contributed by atoms with Gasteiger partial charge in [-0.2, -0.15) is 0 Å². The van der Waals surface area contributed by atoms with Crippen LogP contribution in [-0.2, 0) is 0 Å². The quantitative estimate of drug-likeness (QED) is 0.797. The van der Waals surface area contributed by atoms with Gasteiger partial charge in [0.05, 0.1) is 0 Å². The molecule has 0 amide bonds. The number of hydrogen-bond donors (Lipinski definition) is 2. The van der Waals surface area contributed by atoms with Crippen LogP contribution in [0.4, 0.5) is 0 Å². The normalized spacial score (nSPS) is 14.9. The highest BCUT2D eigenvalue weighted by Crippen LogP contribution is 2.32. The Hall–Kier alpha value is -1.02. The second-order valence-electron chi connectivity index (χ2n) is 4.41. The number of benzene rings is 1. The average Bonchev–Trinajstić information content (AvgIpc) is 2.21.